The highest BCUT2D eigenvalue weighted by Crippen LogP contribution is 2.30. The lowest BCUT2D eigenvalue weighted by atomic mass is 10.1. The summed E-state index contributed by atoms with van der Waals surface area (Å²) in [5.41, 5.74) is 1.53. The standard InChI is InChI=1S/C25H28F3N3O2S/c26-25(27,28)21-3-1-2-19(14-21)16-31-17-20(15-23(31)32)24(33)29-22-6-4-18(5-7-22)8-9-30-10-12-34-13-11-30/h1-7,14,20H,8-13,15-17H2,(H,29,33). The van der Waals surface area contributed by atoms with E-state index >= 15 is 0 Å². The SMILES string of the molecule is O=C(Nc1ccc(CCN2CCSCC2)cc1)C1CC(=O)N(Cc2cccc(C(F)(F)F)c2)C1. The number of nitrogens with zero attached hydrogens (tertiary/aromatic N) is 2. The van der Waals surface area contributed by atoms with Crippen LogP contribution in [-0.2, 0) is 28.7 Å². The molecule has 5 nitrogen and oxygen atoms in total. The predicted octanol–water partition coefficient (Wildman–Crippen LogP) is 4.28. The minimum absolute atomic E-state index is 0.0525. The van der Waals surface area contributed by atoms with Crippen molar-refractivity contribution in [3.8, 4) is 0 Å². The number of nitrogens with one attached hydrogen (secondary N) is 1. The quantitative estimate of drug-likeness (QED) is 0.628. The van der Waals surface area contributed by atoms with Gasteiger partial charge in [-0.1, -0.05) is 24.3 Å². The van der Waals surface area contributed by atoms with Crippen molar-refractivity contribution in [2.75, 3.05) is 43.0 Å². The highest BCUT2D eigenvalue weighted by molar-refractivity contribution is 7.99. The number of benzene rings is 2. The third-order valence-electron chi connectivity index (χ3n) is 6.25. The molecular formula is C25H28F3N3O2S. The molecule has 182 valence electrons. The van der Waals surface area contributed by atoms with Crippen molar-refractivity contribution in [1.82, 2.24) is 9.80 Å². The van der Waals surface area contributed by atoms with Gasteiger partial charge >= 0.3 is 6.18 Å². The molecule has 2 aliphatic heterocycles. The highest BCUT2D eigenvalue weighted by atomic mass is 32.2. The van der Waals surface area contributed by atoms with E-state index in [1.807, 2.05) is 36.0 Å². The summed E-state index contributed by atoms with van der Waals surface area (Å²) >= 11 is 1.99. The summed E-state index contributed by atoms with van der Waals surface area (Å²) in [6.45, 7) is 3.52. The molecule has 4 rings (SSSR count). The molecular weight excluding hydrogens is 463 g/mol. The number of hydrogen-bond donors (Lipinski definition) is 1. The molecule has 2 aromatic rings. The Kier molecular flexibility index (Phi) is 7.83. The Bertz CT molecular complexity index is 1010. The van der Waals surface area contributed by atoms with Gasteiger partial charge < -0.3 is 15.1 Å². The summed E-state index contributed by atoms with van der Waals surface area (Å²) in [6, 6.07) is 12.7. The van der Waals surface area contributed by atoms with Crippen LogP contribution in [-0.4, -0.2) is 59.3 Å². The van der Waals surface area contributed by atoms with E-state index < -0.39 is 17.7 Å². The van der Waals surface area contributed by atoms with Crippen LogP contribution in [0.4, 0.5) is 18.9 Å². The first kappa shape index (κ1) is 24.6. The van der Waals surface area contributed by atoms with E-state index in [1.54, 1.807) is 6.07 Å². The van der Waals surface area contributed by atoms with Gasteiger partial charge in [-0.05, 0) is 41.8 Å². The Labute approximate surface area is 201 Å². The monoisotopic (exact) mass is 491 g/mol. The molecule has 34 heavy (non-hydrogen) atoms. The van der Waals surface area contributed by atoms with Crippen LogP contribution >= 0.6 is 11.8 Å². The minimum Gasteiger partial charge on any atom is -0.338 e. The number of thioether (sulfide) groups is 1. The lowest BCUT2D eigenvalue weighted by Gasteiger charge is -2.26. The normalized spacial score (nSPS) is 19.4. The molecule has 0 bridgehead atoms. The molecule has 2 heterocycles. The van der Waals surface area contributed by atoms with Crippen LogP contribution in [0.25, 0.3) is 0 Å². The molecule has 0 saturated carbocycles. The molecule has 2 saturated heterocycles. The molecule has 1 N–H and O–H groups in total. The first-order chi connectivity index (χ1) is 16.3. The first-order valence-electron chi connectivity index (χ1n) is 11.4. The number of carbonyl (C=O) groups excluding carboxylic acids is 2. The van der Waals surface area contributed by atoms with Crippen molar-refractivity contribution in [2.45, 2.75) is 25.6 Å². The summed E-state index contributed by atoms with van der Waals surface area (Å²) in [5, 5.41) is 2.87. The molecule has 0 aromatic heterocycles. The van der Waals surface area contributed by atoms with Crippen LogP contribution in [0.3, 0.4) is 0 Å². The zero-order valence-corrected chi connectivity index (χ0v) is 19.6. The molecule has 9 heteroatoms. The van der Waals surface area contributed by atoms with E-state index in [0.717, 1.165) is 38.2 Å². The van der Waals surface area contributed by atoms with Crippen molar-refractivity contribution in [3.63, 3.8) is 0 Å². The highest BCUT2D eigenvalue weighted by Gasteiger charge is 2.35. The van der Waals surface area contributed by atoms with Gasteiger partial charge in [-0.2, -0.15) is 24.9 Å². The topological polar surface area (TPSA) is 52.7 Å². The number of carbonyl (C=O) groups is 2. The lowest BCUT2D eigenvalue weighted by Crippen LogP contribution is -2.34. The Morgan fingerprint density at radius 1 is 1.06 bits per heavy atom. The van der Waals surface area contributed by atoms with Gasteiger partial charge in [0.1, 0.15) is 0 Å². The molecule has 2 aromatic carbocycles. The summed E-state index contributed by atoms with van der Waals surface area (Å²) in [5.74, 6) is 1.36. The van der Waals surface area contributed by atoms with Gasteiger partial charge in [-0.3, -0.25) is 9.59 Å². The number of likely N-dealkylation sites (tertiary alicyclic amines) is 1. The van der Waals surface area contributed by atoms with Crippen molar-refractivity contribution in [1.29, 1.82) is 0 Å². The average Bonchev–Trinajstić information content (AvgIpc) is 3.19. The lowest BCUT2D eigenvalue weighted by molar-refractivity contribution is -0.137. The van der Waals surface area contributed by atoms with Gasteiger partial charge in [-0.25, -0.2) is 0 Å². The predicted molar refractivity (Wildman–Crippen MR) is 128 cm³/mol. The molecule has 0 radical (unpaired) electrons. The third-order valence-corrected chi connectivity index (χ3v) is 7.20. The molecule has 2 fully saturated rings. The molecule has 0 aliphatic carbocycles. The minimum atomic E-state index is -4.43. The van der Waals surface area contributed by atoms with E-state index in [2.05, 4.69) is 10.2 Å². The number of amides is 2. The number of alkyl halides is 3. The summed E-state index contributed by atoms with van der Waals surface area (Å²) in [7, 11) is 0. The fourth-order valence-electron chi connectivity index (χ4n) is 4.28. The summed E-state index contributed by atoms with van der Waals surface area (Å²) < 4.78 is 38.8. The van der Waals surface area contributed by atoms with Crippen molar-refractivity contribution >= 4 is 29.3 Å². The number of rotatable bonds is 7. The van der Waals surface area contributed by atoms with E-state index in [4.69, 9.17) is 0 Å². The Balaban J connectivity index is 1.28. The maximum absolute atomic E-state index is 12.9. The van der Waals surface area contributed by atoms with E-state index in [0.29, 0.717) is 11.3 Å². The Morgan fingerprint density at radius 2 is 1.79 bits per heavy atom. The molecule has 0 spiro atoms. The van der Waals surface area contributed by atoms with Crippen LogP contribution in [0.5, 0.6) is 0 Å². The maximum atomic E-state index is 12.9. The van der Waals surface area contributed by atoms with Gasteiger partial charge in [0.2, 0.25) is 11.8 Å². The van der Waals surface area contributed by atoms with Crippen LogP contribution < -0.4 is 5.32 Å². The summed E-state index contributed by atoms with van der Waals surface area (Å²) in [6.07, 6.45) is -3.42. The Hall–Kier alpha value is -2.52. The maximum Gasteiger partial charge on any atom is 0.416 e. The van der Waals surface area contributed by atoms with E-state index in [9.17, 15) is 22.8 Å². The second kappa shape index (κ2) is 10.8. The molecule has 2 aliphatic rings. The smallest absolute Gasteiger partial charge is 0.338 e. The van der Waals surface area contributed by atoms with Gasteiger partial charge in [0.05, 0.1) is 11.5 Å². The largest absolute Gasteiger partial charge is 0.416 e. The van der Waals surface area contributed by atoms with Gasteiger partial charge in [-0.15, -0.1) is 0 Å². The first-order valence-corrected chi connectivity index (χ1v) is 12.6. The fourth-order valence-corrected chi connectivity index (χ4v) is 5.26. The van der Waals surface area contributed by atoms with Crippen molar-refractivity contribution in [2.24, 2.45) is 5.92 Å². The second-order valence-corrected chi connectivity index (χ2v) is 9.99. The number of halogens is 3. The third kappa shape index (κ3) is 6.54. The fraction of sp³-hybridized carbons (Fsp3) is 0.440. The average molecular weight is 492 g/mol. The van der Waals surface area contributed by atoms with Gasteiger partial charge in [0.25, 0.3) is 0 Å². The van der Waals surface area contributed by atoms with Crippen LogP contribution in [0.15, 0.2) is 48.5 Å². The molecule has 1 unspecified atom stereocenters. The number of hydrogen-bond acceptors (Lipinski definition) is 4. The van der Waals surface area contributed by atoms with Crippen molar-refractivity contribution < 1.29 is 22.8 Å². The zero-order valence-electron chi connectivity index (χ0n) is 18.8. The van der Waals surface area contributed by atoms with Crippen LogP contribution in [0, 0.1) is 5.92 Å². The van der Waals surface area contributed by atoms with Gasteiger partial charge in [0.15, 0.2) is 0 Å². The molecule has 2 amide bonds. The number of anilines is 1. The van der Waals surface area contributed by atoms with Gasteiger partial charge in [0, 0.05) is 56.3 Å². The van der Waals surface area contributed by atoms with Crippen LogP contribution in [0.2, 0.25) is 0 Å². The Morgan fingerprint density at radius 3 is 2.50 bits per heavy atom. The van der Waals surface area contributed by atoms with E-state index in [-0.39, 0.29) is 31.3 Å². The molecule has 1 atom stereocenters. The van der Waals surface area contributed by atoms with Crippen LogP contribution in [0.1, 0.15) is 23.1 Å². The zero-order chi connectivity index (χ0) is 24.1. The van der Waals surface area contributed by atoms with E-state index in [1.165, 1.54) is 28.0 Å². The van der Waals surface area contributed by atoms with Crippen molar-refractivity contribution in [3.05, 3.63) is 65.2 Å². The second-order valence-electron chi connectivity index (χ2n) is 8.76. The summed E-state index contributed by atoms with van der Waals surface area (Å²) in [4.78, 5) is 29.0.